The molecule has 0 aliphatic rings. The highest BCUT2D eigenvalue weighted by Gasteiger charge is 2.25. The molecule has 0 radical (unpaired) electrons. The first-order valence-corrected chi connectivity index (χ1v) is 10.4. The van der Waals surface area contributed by atoms with Crippen molar-refractivity contribution in [1.82, 2.24) is 19.6 Å². The Balaban J connectivity index is 1.64. The third kappa shape index (κ3) is 3.65. The van der Waals surface area contributed by atoms with Gasteiger partial charge in [0, 0.05) is 23.0 Å². The molecule has 0 fully saturated rings. The second-order valence-corrected chi connectivity index (χ2v) is 7.53. The molecule has 5 aromatic rings. The van der Waals surface area contributed by atoms with Gasteiger partial charge in [0.05, 0.1) is 12.7 Å². The van der Waals surface area contributed by atoms with Crippen LogP contribution in [0.3, 0.4) is 0 Å². The first-order chi connectivity index (χ1) is 16.6. The van der Waals surface area contributed by atoms with E-state index in [-0.39, 0.29) is 5.91 Å². The Morgan fingerprint density at radius 2 is 1.62 bits per heavy atom. The van der Waals surface area contributed by atoms with Gasteiger partial charge < -0.3 is 21.5 Å². The van der Waals surface area contributed by atoms with Crippen molar-refractivity contribution in [2.24, 2.45) is 0 Å². The van der Waals surface area contributed by atoms with Gasteiger partial charge in [-0.2, -0.15) is 9.61 Å². The van der Waals surface area contributed by atoms with Crippen LogP contribution in [0.1, 0.15) is 10.4 Å². The average molecular weight is 451 g/mol. The highest BCUT2D eigenvalue weighted by atomic mass is 16.5. The standard InChI is InChI=1S/C25H21N7O2/c1-34-25-21(16-9-11-18(26)12-10-16)20(22-23(27)29-14-30-32(22)25)15-5-7-17(8-6-15)24(33)31-19-4-2-3-13-28-19/h2-14H,26H2,1H3,(H2,27,29,30)(H,28,31,33). The van der Waals surface area contributed by atoms with E-state index in [9.17, 15) is 4.79 Å². The number of carbonyl (C=O) groups is 1. The molecule has 0 aliphatic carbocycles. The number of pyridine rings is 1. The largest absolute Gasteiger partial charge is 0.480 e. The van der Waals surface area contributed by atoms with Crippen molar-refractivity contribution in [2.75, 3.05) is 23.9 Å². The monoisotopic (exact) mass is 451 g/mol. The zero-order chi connectivity index (χ0) is 23.7. The minimum Gasteiger partial charge on any atom is -0.480 e. The van der Waals surface area contributed by atoms with Crippen molar-refractivity contribution in [2.45, 2.75) is 0 Å². The van der Waals surface area contributed by atoms with Gasteiger partial charge in [-0.1, -0.05) is 30.3 Å². The quantitative estimate of drug-likeness (QED) is 0.345. The maximum atomic E-state index is 12.7. The Morgan fingerprint density at radius 3 is 2.29 bits per heavy atom. The van der Waals surface area contributed by atoms with Gasteiger partial charge in [-0.25, -0.2) is 9.97 Å². The second-order valence-electron chi connectivity index (χ2n) is 7.53. The summed E-state index contributed by atoms with van der Waals surface area (Å²) < 4.78 is 7.37. The fourth-order valence-corrected chi connectivity index (χ4v) is 3.89. The van der Waals surface area contributed by atoms with E-state index in [0.717, 1.165) is 22.3 Å². The summed E-state index contributed by atoms with van der Waals surface area (Å²) >= 11 is 0. The summed E-state index contributed by atoms with van der Waals surface area (Å²) in [6.45, 7) is 0. The predicted molar refractivity (Wildman–Crippen MR) is 131 cm³/mol. The molecule has 0 saturated heterocycles. The Morgan fingerprint density at radius 1 is 0.912 bits per heavy atom. The summed E-state index contributed by atoms with van der Waals surface area (Å²) in [7, 11) is 1.58. The molecule has 9 heteroatoms. The van der Waals surface area contributed by atoms with Gasteiger partial charge in [0.1, 0.15) is 17.7 Å². The van der Waals surface area contributed by atoms with E-state index in [1.54, 1.807) is 42.1 Å². The molecule has 34 heavy (non-hydrogen) atoms. The highest BCUT2D eigenvalue weighted by Crippen LogP contribution is 2.45. The van der Waals surface area contributed by atoms with Gasteiger partial charge >= 0.3 is 0 Å². The number of hydrogen-bond donors (Lipinski definition) is 3. The van der Waals surface area contributed by atoms with Gasteiger partial charge in [-0.05, 0) is 47.5 Å². The Bertz CT molecular complexity index is 1480. The van der Waals surface area contributed by atoms with Crippen LogP contribution in [-0.2, 0) is 0 Å². The molecule has 0 unspecified atom stereocenters. The predicted octanol–water partition coefficient (Wildman–Crippen LogP) is 3.88. The number of aromatic nitrogens is 4. The van der Waals surface area contributed by atoms with Crippen LogP contribution in [0.15, 0.2) is 79.3 Å². The van der Waals surface area contributed by atoms with E-state index in [1.165, 1.54) is 6.33 Å². The van der Waals surface area contributed by atoms with Crippen molar-refractivity contribution in [3.05, 3.63) is 84.8 Å². The van der Waals surface area contributed by atoms with E-state index in [0.29, 0.717) is 34.3 Å². The number of carbonyl (C=O) groups excluding carboxylic acids is 1. The summed E-state index contributed by atoms with van der Waals surface area (Å²) in [5, 5.41) is 7.15. The zero-order valence-corrected chi connectivity index (χ0v) is 18.3. The number of amides is 1. The highest BCUT2D eigenvalue weighted by molar-refractivity contribution is 6.05. The van der Waals surface area contributed by atoms with E-state index >= 15 is 0 Å². The first-order valence-electron chi connectivity index (χ1n) is 10.4. The summed E-state index contributed by atoms with van der Waals surface area (Å²) in [6, 6.07) is 20.0. The summed E-state index contributed by atoms with van der Waals surface area (Å²) in [5.74, 6) is 1.05. The number of nitrogen functional groups attached to an aromatic ring is 2. The minimum atomic E-state index is -0.258. The van der Waals surface area contributed by atoms with Crippen molar-refractivity contribution < 1.29 is 9.53 Å². The second kappa shape index (κ2) is 8.55. The third-order valence-electron chi connectivity index (χ3n) is 5.45. The number of nitrogens with zero attached hydrogens (tertiary/aromatic N) is 4. The summed E-state index contributed by atoms with van der Waals surface area (Å²) in [5.41, 5.74) is 17.2. The van der Waals surface area contributed by atoms with Crippen LogP contribution in [0.25, 0.3) is 27.8 Å². The Labute approximate surface area is 195 Å². The number of benzene rings is 2. The SMILES string of the molecule is COc1c(-c2ccc(N)cc2)c(-c2ccc(C(=O)Nc3ccccn3)cc2)c2c(N)ncnn12. The van der Waals surface area contributed by atoms with E-state index in [4.69, 9.17) is 16.2 Å². The molecule has 5 rings (SSSR count). The van der Waals surface area contributed by atoms with Crippen LogP contribution in [0.2, 0.25) is 0 Å². The molecule has 3 heterocycles. The number of nitrogens with two attached hydrogens (primary N) is 2. The molecule has 0 aliphatic heterocycles. The van der Waals surface area contributed by atoms with E-state index in [1.807, 2.05) is 42.5 Å². The Kier molecular flexibility index (Phi) is 5.27. The fourth-order valence-electron chi connectivity index (χ4n) is 3.89. The Hall–Kier alpha value is -4.92. The summed E-state index contributed by atoms with van der Waals surface area (Å²) in [4.78, 5) is 21.0. The molecule has 9 nitrogen and oxygen atoms in total. The number of anilines is 3. The number of hydrogen-bond acceptors (Lipinski definition) is 7. The van der Waals surface area contributed by atoms with Crippen LogP contribution in [0.5, 0.6) is 5.88 Å². The number of nitrogens with one attached hydrogen (secondary N) is 1. The van der Waals surface area contributed by atoms with E-state index in [2.05, 4.69) is 20.4 Å². The lowest BCUT2D eigenvalue weighted by molar-refractivity contribution is 0.102. The van der Waals surface area contributed by atoms with Crippen molar-refractivity contribution in [3.8, 4) is 28.1 Å². The molecule has 168 valence electrons. The maximum Gasteiger partial charge on any atom is 0.256 e. The molecule has 2 aromatic carbocycles. The molecule has 1 amide bonds. The normalized spacial score (nSPS) is 10.9. The molecule has 3 aromatic heterocycles. The number of ether oxygens (including phenoxy) is 1. The molecule has 0 spiro atoms. The number of methoxy groups -OCH3 is 1. The van der Waals surface area contributed by atoms with Gasteiger partial charge in [0.15, 0.2) is 5.82 Å². The molecular formula is C25H21N7O2. The maximum absolute atomic E-state index is 12.7. The molecular weight excluding hydrogens is 430 g/mol. The fraction of sp³-hybridized carbons (Fsp3) is 0.0400. The lowest BCUT2D eigenvalue weighted by Crippen LogP contribution is -2.12. The molecule has 5 N–H and O–H groups in total. The smallest absolute Gasteiger partial charge is 0.256 e. The lowest BCUT2D eigenvalue weighted by atomic mass is 9.96. The van der Waals surface area contributed by atoms with Crippen LogP contribution in [-0.4, -0.2) is 32.6 Å². The van der Waals surface area contributed by atoms with Gasteiger partial charge in [0.25, 0.3) is 5.91 Å². The number of rotatable bonds is 5. The third-order valence-corrected chi connectivity index (χ3v) is 5.45. The molecule has 0 atom stereocenters. The van der Waals surface area contributed by atoms with Crippen molar-refractivity contribution in [1.29, 1.82) is 0 Å². The number of fused-ring (bicyclic) bond motifs is 1. The lowest BCUT2D eigenvalue weighted by Gasteiger charge is -2.09. The zero-order valence-electron chi connectivity index (χ0n) is 18.3. The topological polar surface area (TPSA) is 133 Å². The van der Waals surface area contributed by atoms with E-state index < -0.39 is 0 Å². The van der Waals surface area contributed by atoms with Gasteiger partial charge in [-0.3, -0.25) is 4.79 Å². The van der Waals surface area contributed by atoms with Gasteiger partial charge in [0.2, 0.25) is 5.88 Å². The van der Waals surface area contributed by atoms with Crippen LogP contribution >= 0.6 is 0 Å². The van der Waals surface area contributed by atoms with Gasteiger partial charge in [-0.15, -0.1) is 0 Å². The van der Waals surface area contributed by atoms with Crippen LogP contribution < -0.4 is 21.5 Å². The minimum absolute atomic E-state index is 0.258. The van der Waals surface area contributed by atoms with Crippen molar-refractivity contribution in [3.63, 3.8) is 0 Å². The first kappa shape index (κ1) is 21.0. The van der Waals surface area contributed by atoms with Crippen LogP contribution in [0, 0.1) is 0 Å². The average Bonchev–Trinajstić information content (AvgIpc) is 3.21. The summed E-state index contributed by atoms with van der Waals surface area (Å²) in [6.07, 6.45) is 3.00. The van der Waals surface area contributed by atoms with Crippen molar-refractivity contribution >= 4 is 28.7 Å². The molecule has 0 saturated carbocycles. The molecule has 0 bridgehead atoms. The van der Waals surface area contributed by atoms with Crippen LogP contribution in [0.4, 0.5) is 17.3 Å².